The summed E-state index contributed by atoms with van der Waals surface area (Å²) in [7, 11) is 0. The molecule has 30 heavy (non-hydrogen) atoms. The second-order valence-corrected chi connectivity index (χ2v) is 8.13. The Morgan fingerprint density at radius 2 is 2.03 bits per heavy atom. The van der Waals surface area contributed by atoms with Crippen molar-refractivity contribution in [3.63, 3.8) is 0 Å². The first-order valence-electron chi connectivity index (χ1n) is 10.6. The highest BCUT2D eigenvalue weighted by Crippen LogP contribution is 2.56. The minimum absolute atomic E-state index is 0.0820. The first kappa shape index (κ1) is 20.3. The molecule has 156 valence electrons. The molecule has 2 aliphatic carbocycles. The van der Waals surface area contributed by atoms with E-state index in [-0.39, 0.29) is 35.9 Å². The average molecular weight is 405 g/mol. The van der Waals surface area contributed by atoms with Crippen LogP contribution in [0, 0.1) is 11.3 Å². The van der Waals surface area contributed by atoms with E-state index in [1.807, 2.05) is 37.3 Å². The smallest absolute Gasteiger partial charge is 0.265 e. The average Bonchev–Trinajstić information content (AvgIpc) is 3.19. The molecule has 3 atom stereocenters. The predicted octanol–water partition coefficient (Wildman–Crippen LogP) is 5.43. The van der Waals surface area contributed by atoms with E-state index in [9.17, 15) is 9.59 Å². The molecule has 2 aromatic rings. The molecule has 0 fully saturated rings. The van der Waals surface area contributed by atoms with E-state index in [1.165, 1.54) is 0 Å². The first-order chi connectivity index (χ1) is 14.6. The Bertz CT molecular complexity index is 1000. The first-order valence-corrected chi connectivity index (χ1v) is 10.6. The lowest BCUT2D eigenvalue weighted by Crippen LogP contribution is -2.51. The van der Waals surface area contributed by atoms with Gasteiger partial charge in [-0.25, -0.2) is 0 Å². The highest BCUT2D eigenvalue weighted by Gasteiger charge is 2.59. The van der Waals surface area contributed by atoms with Gasteiger partial charge in [-0.15, -0.1) is 6.58 Å². The molecule has 0 saturated heterocycles. The van der Waals surface area contributed by atoms with Crippen molar-refractivity contribution in [2.45, 2.75) is 52.1 Å². The minimum atomic E-state index is -1.28. The summed E-state index contributed by atoms with van der Waals surface area (Å²) >= 11 is 0. The minimum Gasteiger partial charge on any atom is -0.470 e. The van der Waals surface area contributed by atoms with Crippen LogP contribution >= 0.6 is 0 Å². The van der Waals surface area contributed by atoms with Gasteiger partial charge < -0.3 is 9.26 Å². The number of aromatic nitrogens is 1. The van der Waals surface area contributed by atoms with Crippen LogP contribution in [0.3, 0.4) is 0 Å². The van der Waals surface area contributed by atoms with E-state index in [0.717, 1.165) is 30.4 Å². The fraction of sp³-hybridized carbons (Fsp3) is 0.400. The Kier molecular flexibility index (Phi) is 5.46. The molecule has 1 aromatic heterocycles. The van der Waals surface area contributed by atoms with Crippen molar-refractivity contribution in [2.24, 2.45) is 11.3 Å². The number of carbonyl (C=O) groups excluding carboxylic acids is 2. The number of Topliss-reactive ketones (excluding diaryl/α,β-unsaturated/α-hetero) is 1. The molecule has 0 amide bonds. The number of rotatable bonds is 7. The molecule has 2 aliphatic rings. The molecule has 3 unspecified atom stereocenters. The van der Waals surface area contributed by atoms with Crippen LogP contribution in [0.4, 0.5) is 0 Å². The highest BCUT2D eigenvalue weighted by atomic mass is 16.5. The van der Waals surface area contributed by atoms with Crippen LogP contribution in [0.1, 0.15) is 67.1 Å². The predicted molar refractivity (Wildman–Crippen MR) is 113 cm³/mol. The summed E-state index contributed by atoms with van der Waals surface area (Å²) < 4.78 is 11.6. The van der Waals surface area contributed by atoms with Crippen LogP contribution in [-0.4, -0.2) is 16.7 Å². The fourth-order valence-electron chi connectivity index (χ4n) is 4.93. The van der Waals surface area contributed by atoms with Crippen LogP contribution in [0.2, 0.25) is 0 Å². The summed E-state index contributed by atoms with van der Waals surface area (Å²) in [5.41, 5.74) is 1.06. The highest BCUT2D eigenvalue weighted by molar-refractivity contribution is 6.22. The Labute approximate surface area is 176 Å². The van der Waals surface area contributed by atoms with E-state index >= 15 is 0 Å². The van der Waals surface area contributed by atoms with Crippen molar-refractivity contribution >= 4 is 11.6 Å². The molecular weight excluding hydrogens is 378 g/mol. The maximum atomic E-state index is 13.8. The lowest BCUT2D eigenvalue weighted by molar-refractivity contribution is -0.123. The Morgan fingerprint density at radius 3 is 2.70 bits per heavy atom. The van der Waals surface area contributed by atoms with Crippen molar-refractivity contribution in [1.29, 1.82) is 0 Å². The number of hydrogen-bond acceptors (Lipinski definition) is 5. The molecule has 1 aromatic carbocycles. The van der Waals surface area contributed by atoms with E-state index in [2.05, 4.69) is 18.7 Å². The topological polar surface area (TPSA) is 69.4 Å². The van der Waals surface area contributed by atoms with Crippen molar-refractivity contribution in [3.8, 4) is 5.88 Å². The van der Waals surface area contributed by atoms with Crippen molar-refractivity contribution in [1.82, 2.24) is 5.16 Å². The largest absolute Gasteiger partial charge is 0.470 e. The van der Waals surface area contributed by atoms with Crippen LogP contribution in [0.15, 0.2) is 59.2 Å². The monoisotopic (exact) mass is 405 g/mol. The Morgan fingerprint density at radius 1 is 1.27 bits per heavy atom. The number of carbonyl (C=O) groups is 2. The van der Waals surface area contributed by atoms with Gasteiger partial charge in [-0.3, -0.25) is 9.59 Å². The van der Waals surface area contributed by atoms with E-state index < -0.39 is 5.41 Å². The van der Waals surface area contributed by atoms with E-state index in [4.69, 9.17) is 9.26 Å². The summed E-state index contributed by atoms with van der Waals surface area (Å²) in [5.74, 6) is -0.0443. The van der Waals surface area contributed by atoms with Gasteiger partial charge in [0.1, 0.15) is 17.6 Å². The summed E-state index contributed by atoms with van der Waals surface area (Å²) in [6.07, 6.45) is 6.37. The summed E-state index contributed by atoms with van der Waals surface area (Å²) in [4.78, 5) is 27.0. The van der Waals surface area contributed by atoms with Gasteiger partial charge in [-0.05, 0) is 42.0 Å². The normalized spacial score (nSPS) is 25.3. The van der Waals surface area contributed by atoms with Gasteiger partial charge >= 0.3 is 0 Å². The lowest BCUT2D eigenvalue weighted by Gasteiger charge is -2.45. The van der Waals surface area contributed by atoms with Gasteiger partial charge in [0.2, 0.25) is 0 Å². The number of allylic oxidation sites excluding steroid dienone is 3. The third-order valence-electron chi connectivity index (χ3n) is 6.52. The summed E-state index contributed by atoms with van der Waals surface area (Å²) in [5, 5.41) is 4.10. The Balaban J connectivity index is 1.78. The van der Waals surface area contributed by atoms with Gasteiger partial charge in [0.05, 0.1) is 0 Å². The molecule has 0 N–H and O–H groups in total. The molecule has 1 heterocycles. The third-order valence-corrected chi connectivity index (χ3v) is 6.52. The number of nitrogens with zero attached hydrogens (tertiary/aromatic N) is 1. The second kappa shape index (κ2) is 8.05. The maximum Gasteiger partial charge on any atom is 0.265 e. The molecule has 0 radical (unpaired) electrons. The van der Waals surface area contributed by atoms with Crippen LogP contribution in [0.5, 0.6) is 5.88 Å². The molecule has 5 nitrogen and oxygen atoms in total. The molecule has 0 bridgehead atoms. The van der Waals surface area contributed by atoms with Gasteiger partial charge in [0.25, 0.3) is 5.88 Å². The molecular formula is C25H27NO4. The van der Waals surface area contributed by atoms with Gasteiger partial charge in [-0.1, -0.05) is 62.2 Å². The quantitative estimate of drug-likeness (QED) is 0.454. The second-order valence-electron chi connectivity index (χ2n) is 8.13. The van der Waals surface area contributed by atoms with Crippen molar-refractivity contribution < 1.29 is 18.8 Å². The zero-order chi connectivity index (χ0) is 21.3. The number of ketones is 2. The number of fused-ring (bicyclic) bond motifs is 2. The van der Waals surface area contributed by atoms with Crippen molar-refractivity contribution in [2.75, 3.05) is 0 Å². The van der Waals surface area contributed by atoms with Crippen LogP contribution < -0.4 is 4.74 Å². The van der Waals surface area contributed by atoms with E-state index in [0.29, 0.717) is 17.7 Å². The summed E-state index contributed by atoms with van der Waals surface area (Å²) in [6, 6.07) is 9.67. The lowest BCUT2D eigenvalue weighted by atomic mass is 9.54. The summed E-state index contributed by atoms with van der Waals surface area (Å²) in [6.45, 7) is 8.32. The van der Waals surface area contributed by atoms with Gasteiger partial charge in [0, 0.05) is 5.92 Å². The standard InChI is InChI=1S/C25H27NO4/c1-4-10-18-19-13-16(5-2)14-20(27)25(19,6-3)23(28)21-22(18)30-26-24(21)29-15-17-11-8-7-9-12-17/h6-9,11-12,14,18-19H,3-5,10,13,15H2,1-2H3. The van der Waals surface area contributed by atoms with Gasteiger partial charge in [-0.2, -0.15) is 0 Å². The number of ether oxygens (including phenoxy) is 1. The number of hydrogen-bond donors (Lipinski definition) is 0. The third kappa shape index (κ3) is 3.04. The van der Waals surface area contributed by atoms with Crippen molar-refractivity contribution in [3.05, 3.63) is 71.5 Å². The molecule has 4 rings (SSSR count). The van der Waals surface area contributed by atoms with Crippen LogP contribution in [-0.2, 0) is 11.4 Å². The van der Waals surface area contributed by atoms with E-state index in [1.54, 1.807) is 12.2 Å². The SMILES string of the molecule is C=CC12C(=O)C=C(CC)CC1C(CCC)c1onc(OCc3ccccc3)c1C2=O. The zero-order valence-electron chi connectivity index (χ0n) is 17.5. The molecule has 0 saturated carbocycles. The fourth-order valence-corrected chi connectivity index (χ4v) is 4.93. The molecule has 0 aliphatic heterocycles. The maximum absolute atomic E-state index is 13.8. The molecule has 5 heteroatoms. The molecule has 0 spiro atoms. The number of benzene rings is 1. The zero-order valence-corrected chi connectivity index (χ0v) is 17.5. The van der Waals surface area contributed by atoms with Gasteiger partial charge in [0.15, 0.2) is 17.3 Å². The van der Waals surface area contributed by atoms with Crippen LogP contribution in [0.25, 0.3) is 0 Å². The Hall–Kier alpha value is -2.95.